The zero-order valence-electron chi connectivity index (χ0n) is 25.4. The molecule has 3 heterocycles. The highest BCUT2D eigenvalue weighted by molar-refractivity contribution is 6.03. The first kappa shape index (κ1) is 32.7. The van der Waals surface area contributed by atoms with E-state index < -0.39 is 46.2 Å². The van der Waals surface area contributed by atoms with Crippen LogP contribution in [-0.4, -0.2) is 43.2 Å². The van der Waals surface area contributed by atoms with Crippen molar-refractivity contribution in [3.63, 3.8) is 0 Å². The molecule has 0 unspecified atom stereocenters. The molecule has 0 bridgehead atoms. The minimum Gasteiger partial charge on any atom is -0.375 e. The molecule has 3 aromatic rings. The van der Waals surface area contributed by atoms with Gasteiger partial charge in [0.15, 0.2) is 0 Å². The number of aromatic nitrogens is 1. The third-order valence-corrected chi connectivity index (χ3v) is 9.04. The van der Waals surface area contributed by atoms with Crippen LogP contribution in [0, 0.1) is 12.7 Å². The molecule has 0 atom stereocenters. The van der Waals surface area contributed by atoms with E-state index in [9.17, 15) is 35.5 Å². The number of nitrogens with zero attached hydrogens (tertiary/aromatic N) is 3. The van der Waals surface area contributed by atoms with E-state index in [-0.39, 0.29) is 17.4 Å². The Morgan fingerprint density at radius 1 is 0.889 bits per heavy atom. The Labute approximate surface area is 257 Å². The van der Waals surface area contributed by atoms with Gasteiger partial charge in [-0.05, 0) is 99.5 Å². The molecular formula is C33H34F7N3O2. The Morgan fingerprint density at radius 2 is 1.49 bits per heavy atom. The van der Waals surface area contributed by atoms with Crippen molar-refractivity contribution in [3.05, 3.63) is 76.7 Å². The van der Waals surface area contributed by atoms with E-state index in [4.69, 9.17) is 4.74 Å². The number of alkyl halides is 6. The molecule has 2 aliphatic heterocycles. The average molecular weight is 638 g/mol. The van der Waals surface area contributed by atoms with Crippen molar-refractivity contribution in [2.75, 3.05) is 36.5 Å². The quantitative estimate of drug-likeness (QED) is 0.264. The lowest BCUT2D eigenvalue weighted by molar-refractivity contribution is -0.143. The molecule has 45 heavy (non-hydrogen) atoms. The molecule has 5 rings (SSSR count). The van der Waals surface area contributed by atoms with E-state index in [1.807, 2.05) is 0 Å². The summed E-state index contributed by atoms with van der Waals surface area (Å²) in [6.07, 6.45) is -4.99. The van der Waals surface area contributed by atoms with Gasteiger partial charge in [0, 0.05) is 32.3 Å². The lowest BCUT2D eigenvalue weighted by atomic mass is 9.81. The smallest absolute Gasteiger partial charge is 0.375 e. The molecule has 0 saturated carbocycles. The minimum atomic E-state index is -5.06. The number of pyridine rings is 1. The van der Waals surface area contributed by atoms with Crippen LogP contribution < -0.4 is 9.80 Å². The highest BCUT2D eigenvalue weighted by Gasteiger charge is 2.42. The van der Waals surface area contributed by atoms with Crippen molar-refractivity contribution in [3.8, 4) is 11.1 Å². The van der Waals surface area contributed by atoms with Gasteiger partial charge in [-0.15, -0.1) is 0 Å². The summed E-state index contributed by atoms with van der Waals surface area (Å²) < 4.78 is 102. The first-order valence-electron chi connectivity index (χ1n) is 14.6. The second-order valence-corrected chi connectivity index (χ2v) is 12.4. The van der Waals surface area contributed by atoms with E-state index in [1.165, 1.54) is 44.1 Å². The maximum absolute atomic E-state index is 14.1. The lowest BCUT2D eigenvalue weighted by Gasteiger charge is -2.39. The van der Waals surface area contributed by atoms with Gasteiger partial charge in [-0.3, -0.25) is 4.79 Å². The van der Waals surface area contributed by atoms with E-state index >= 15 is 0 Å². The number of rotatable bonds is 5. The number of likely N-dealkylation sites (N-methyl/N-ethyl adjacent to an activating group) is 1. The number of benzene rings is 2. The van der Waals surface area contributed by atoms with Gasteiger partial charge in [0.1, 0.15) is 11.6 Å². The van der Waals surface area contributed by atoms with Gasteiger partial charge >= 0.3 is 12.4 Å². The summed E-state index contributed by atoms with van der Waals surface area (Å²) in [5, 5.41) is 0. The fourth-order valence-corrected chi connectivity index (χ4v) is 6.28. The lowest BCUT2D eigenvalue weighted by Crippen LogP contribution is -2.44. The molecule has 0 radical (unpaired) electrons. The topological polar surface area (TPSA) is 45.7 Å². The average Bonchev–Trinajstić information content (AvgIpc) is 3.43. The monoisotopic (exact) mass is 637 g/mol. The number of hydrogen-bond donors (Lipinski definition) is 0. The number of piperidine rings is 1. The maximum atomic E-state index is 14.1. The van der Waals surface area contributed by atoms with E-state index in [1.54, 1.807) is 19.1 Å². The molecule has 1 aromatic heterocycles. The Kier molecular flexibility index (Phi) is 8.43. The van der Waals surface area contributed by atoms with E-state index in [0.717, 1.165) is 32.3 Å². The van der Waals surface area contributed by atoms with Crippen LogP contribution in [0.5, 0.6) is 0 Å². The van der Waals surface area contributed by atoms with E-state index in [2.05, 4.69) is 9.88 Å². The molecule has 2 aliphatic rings. The fourth-order valence-electron chi connectivity index (χ4n) is 6.28. The van der Waals surface area contributed by atoms with Crippen molar-refractivity contribution in [2.45, 2.75) is 69.8 Å². The van der Waals surface area contributed by atoms with Gasteiger partial charge in [-0.25, -0.2) is 9.37 Å². The molecule has 1 spiro atoms. The Hall–Kier alpha value is -3.67. The molecule has 0 N–H and O–H groups in total. The third-order valence-electron chi connectivity index (χ3n) is 9.04. The van der Waals surface area contributed by atoms with Crippen LogP contribution in [0.4, 0.5) is 42.2 Å². The minimum absolute atomic E-state index is 0.0348. The van der Waals surface area contributed by atoms with E-state index in [0.29, 0.717) is 47.7 Å². The fraction of sp³-hybridized carbons (Fsp3) is 0.455. The number of aryl methyl sites for hydroxylation is 1. The van der Waals surface area contributed by atoms with Crippen LogP contribution in [0.3, 0.4) is 0 Å². The normalized spacial score (nSPS) is 17.2. The highest BCUT2D eigenvalue weighted by atomic mass is 19.4. The molecule has 1 amide bonds. The van der Waals surface area contributed by atoms with Crippen LogP contribution in [0.25, 0.3) is 11.1 Å². The number of carbonyl (C=O) groups is 1. The van der Waals surface area contributed by atoms with Gasteiger partial charge in [0.2, 0.25) is 5.91 Å². The van der Waals surface area contributed by atoms with Crippen molar-refractivity contribution in [1.82, 2.24) is 4.98 Å². The summed E-state index contributed by atoms with van der Waals surface area (Å²) in [7, 11) is 1.39. The van der Waals surface area contributed by atoms with Crippen molar-refractivity contribution >= 4 is 17.4 Å². The highest BCUT2D eigenvalue weighted by Crippen LogP contribution is 2.42. The summed E-state index contributed by atoms with van der Waals surface area (Å²) in [6.45, 7) is 6.38. The Bertz CT molecular complexity index is 1550. The molecule has 2 aromatic carbocycles. The number of halogens is 7. The number of ether oxygens (including phenoxy) is 1. The number of anilines is 2. The van der Waals surface area contributed by atoms with Crippen LogP contribution in [0.1, 0.15) is 61.8 Å². The molecule has 12 heteroatoms. The summed E-state index contributed by atoms with van der Waals surface area (Å²) in [5.41, 5.74) is -3.44. The van der Waals surface area contributed by atoms with Crippen LogP contribution in [-0.2, 0) is 27.3 Å². The summed E-state index contributed by atoms with van der Waals surface area (Å²) >= 11 is 0. The van der Waals surface area contributed by atoms with Crippen LogP contribution in [0.15, 0.2) is 48.7 Å². The number of hydrogen-bond acceptors (Lipinski definition) is 4. The predicted octanol–water partition coefficient (Wildman–Crippen LogP) is 8.32. The molecule has 0 aliphatic carbocycles. The summed E-state index contributed by atoms with van der Waals surface area (Å²) in [4.78, 5) is 21.9. The van der Waals surface area contributed by atoms with Gasteiger partial charge < -0.3 is 14.5 Å². The zero-order valence-corrected chi connectivity index (χ0v) is 25.4. The zero-order chi connectivity index (χ0) is 32.9. The summed E-state index contributed by atoms with van der Waals surface area (Å²) in [5.74, 6) is -0.595. The largest absolute Gasteiger partial charge is 0.416 e. The van der Waals surface area contributed by atoms with Crippen molar-refractivity contribution < 1.29 is 40.3 Å². The molecule has 5 nitrogen and oxygen atoms in total. The second kappa shape index (κ2) is 11.6. The van der Waals surface area contributed by atoms with Gasteiger partial charge in [-0.2, -0.15) is 26.3 Å². The first-order valence-corrected chi connectivity index (χ1v) is 14.6. The van der Waals surface area contributed by atoms with Gasteiger partial charge in [-0.1, -0.05) is 6.07 Å². The van der Waals surface area contributed by atoms with Crippen LogP contribution in [0.2, 0.25) is 0 Å². The van der Waals surface area contributed by atoms with Crippen molar-refractivity contribution in [1.29, 1.82) is 0 Å². The third kappa shape index (κ3) is 6.52. The summed E-state index contributed by atoms with van der Waals surface area (Å²) in [6, 6.07) is 7.15. The Morgan fingerprint density at radius 3 is 2.02 bits per heavy atom. The predicted molar refractivity (Wildman–Crippen MR) is 157 cm³/mol. The number of amides is 1. The molecular weight excluding hydrogens is 603 g/mol. The van der Waals surface area contributed by atoms with Crippen molar-refractivity contribution in [2.24, 2.45) is 0 Å². The Balaban J connectivity index is 1.54. The van der Waals surface area contributed by atoms with Gasteiger partial charge in [0.25, 0.3) is 0 Å². The molecule has 2 saturated heterocycles. The second-order valence-electron chi connectivity index (χ2n) is 12.4. The van der Waals surface area contributed by atoms with Crippen LogP contribution >= 0.6 is 0 Å². The SMILES string of the molecule is Cc1cc(F)ccc1-c1cc(N2CCC3(CCCO3)CC2)ncc1N(C)C(=O)C(C)(C)c1cc(C(F)(F)F)cc(C(F)(F)F)c1. The maximum Gasteiger partial charge on any atom is 0.416 e. The van der Waals surface area contributed by atoms with Gasteiger partial charge in [0.05, 0.1) is 34.0 Å². The standard InChI is InChI=1S/C33H34F7N3O2/c1-20-14-24(34)6-7-25(20)26-18-28(43-11-9-31(10-12-43)8-5-13-45-31)41-19-27(26)42(4)29(44)30(2,3)21-15-22(32(35,36)37)17-23(16-21)33(38,39)40/h6-7,14-19H,5,8-13H2,1-4H3. The first-order chi connectivity index (χ1) is 20.9. The number of carbonyl (C=O) groups excluding carboxylic acids is 1. The molecule has 242 valence electrons. The molecule has 2 fully saturated rings.